The molecule has 0 radical (unpaired) electrons. The molecular formula is C18H24N2O3. The maximum absolute atomic E-state index is 11.9. The lowest BCUT2D eigenvalue weighted by Crippen LogP contribution is -2.42. The quantitative estimate of drug-likeness (QED) is 0.784. The minimum atomic E-state index is -0.170. The monoisotopic (exact) mass is 316 g/mol. The van der Waals surface area contributed by atoms with Gasteiger partial charge in [-0.3, -0.25) is 14.4 Å². The van der Waals surface area contributed by atoms with Crippen LogP contribution in [-0.4, -0.2) is 42.1 Å². The molecule has 1 fully saturated rings. The molecule has 23 heavy (non-hydrogen) atoms. The second-order valence-electron chi connectivity index (χ2n) is 5.86. The molecule has 5 nitrogen and oxygen atoms in total. The lowest BCUT2D eigenvalue weighted by atomic mass is 10.1. The molecule has 2 rings (SSSR count). The van der Waals surface area contributed by atoms with E-state index in [0.29, 0.717) is 18.4 Å². The number of nitrogens with one attached hydrogen (secondary N) is 1. The van der Waals surface area contributed by atoms with Crippen molar-refractivity contribution in [1.29, 1.82) is 0 Å². The largest absolute Gasteiger partial charge is 0.347 e. The van der Waals surface area contributed by atoms with Crippen molar-refractivity contribution >= 4 is 17.6 Å². The molecule has 0 aliphatic carbocycles. The molecule has 0 spiro atoms. The number of Topliss-reactive ketones (excluding diaryl/α,β-unsaturated/α-hetero) is 1. The number of hydrogen-bond donors (Lipinski definition) is 1. The van der Waals surface area contributed by atoms with E-state index in [4.69, 9.17) is 0 Å². The third-order valence-corrected chi connectivity index (χ3v) is 4.05. The van der Waals surface area contributed by atoms with Crippen molar-refractivity contribution in [3.8, 4) is 0 Å². The number of amides is 2. The van der Waals surface area contributed by atoms with Crippen LogP contribution in [0.5, 0.6) is 0 Å². The fourth-order valence-corrected chi connectivity index (χ4v) is 2.70. The summed E-state index contributed by atoms with van der Waals surface area (Å²) in [5.41, 5.74) is 0.674. The third-order valence-electron chi connectivity index (χ3n) is 4.05. The highest BCUT2D eigenvalue weighted by molar-refractivity contribution is 5.96. The van der Waals surface area contributed by atoms with Crippen molar-refractivity contribution in [2.24, 2.45) is 0 Å². The number of ketones is 1. The Hall–Kier alpha value is -2.17. The van der Waals surface area contributed by atoms with Crippen LogP contribution in [-0.2, 0) is 9.59 Å². The van der Waals surface area contributed by atoms with Gasteiger partial charge in [-0.25, -0.2) is 0 Å². The van der Waals surface area contributed by atoms with Crippen LogP contribution in [0.1, 0.15) is 48.9 Å². The van der Waals surface area contributed by atoms with E-state index in [1.54, 1.807) is 12.1 Å². The van der Waals surface area contributed by atoms with Crippen LogP contribution in [0.2, 0.25) is 0 Å². The van der Waals surface area contributed by atoms with Gasteiger partial charge in [0.25, 0.3) is 0 Å². The van der Waals surface area contributed by atoms with E-state index in [2.05, 4.69) is 5.32 Å². The zero-order chi connectivity index (χ0) is 16.5. The van der Waals surface area contributed by atoms with E-state index < -0.39 is 0 Å². The smallest absolute Gasteiger partial charge is 0.241 e. The molecule has 1 saturated heterocycles. The van der Waals surface area contributed by atoms with Crippen LogP contribution in [0.3, 0.4) is 0 Å². The van der Waals surface area contributed by atoms with Gasteiger partial charge in [0.1, 0.15) is 0 Å². The average Bonchev–Trinajstić information content (AvgIpc) is 2.61. The van der Waals surface area contributed by atoms with Crippen molar-refractivity contribution < 1.29 is 14.4 Å². The summed E-state index contributed by atoms with van der Waals surface area (Å²) in [5, 5.41) is 2.65. The first kappa shape index (κ1) is 17.2. The molecule has 0 aromatic heterocycles. The van der Waals surface area contributed by atoms with Gasteiger partial charge in [-0.15, -0.1) is 0 Å². The summed E-state index contributed by atoms with van der Waals surface area (Å²) in [7, 11) is 0. The minimum absolute atomic E-state index is 0.0154. The van der Waals surface area contributed by atoms with Crippen molar-refractivity contribution in [2.75, 3.05) is 19.6 Å². The van der Waals surface area contributed by atoms with Crippen LogP contribution in [0.4, 0.5) is 0 Å². The first-order valence-electron chi connectivity index (χ1n) is 8.29. The Morgan fingerprint density at radius 3 is 2.35 bits per heavy atom. The summed E-state index contributed by atoms with van der Waals surface area (Å²) in [5.74, 6) is -0.141. The van der Waals surface area contributed by atoms with Gasteiger partial charge < -0.3 is 10.2 Å². The molecule has 1 heterocycles. The summed E-state index contributed by atoms with van der Waals surface area (Å²) in [6, 6.07) is 9.07. The summed E-state index contributed by atoms with van der Waals surface area (Å²) >= 11 is 0. The molecule has 1 aromatic carbocycles. The number of benzene rings is 1. The molecule has 0 saturated carbocycles. The Morgan fingerprint density at radius 1 is 0.957 bits per heavy atom. The SMILES string of the molecule is O=C(CCCC(=O)c1ccccc1)NCC(=O)N1CCCCC1. The molecule has 1 aliphatic rings. The van der Waals surface area contributed by atoms with Gasteiger partial charge in [-0.05, 0) is 25.7 Å². The fourth-order valence-electron chi connectivity index (χ4n) is 2.70. The maximum atomic E-state index is 11.9. The van der Waals surface area contributed by atoms with Gasteiger partial charge in [0, 0.05) is 31.5 Å². The number of carbonyl (C=O) groups is 3. The summed E-state index contributed by atoms with van der Waals surface area (Å²) in [6.45, 7) is 1.64. The summed E-state index contributed by atoms with van der Waals surface area (Å²) < 4.78 is 0. The molecular weight excluding hydrogens is 292 g/mol. The van der Waals surface area contributed by atoms with E-state index in [9.17, 15) is 14.4 Å². The topological polar surface area (TPSA) is 66.5 Å². The average molecular weight is 316 g/mol. The first-order valence-corrected chi connectivity index (χ1v) is 8.29. The molecule has 1 aromatic rings. The van der Waals surface area contributed by atoms with E-state index in [-0.39, 0.29) is 30.6 Å². The zero-order valence-corrected chi connectivity index (χ0v) is 13.4. The molecule has 0 bridgehead atoms. The van der Waals surface area contributed by atoms with Gasteiger partial charge in [0.05, 0.1) is 6.54 Å². The first-order chi connectivity index (χ1) is 11.2. The van der Waals surface area contributed by atoms with Crippen LogP contribution in [0.15, 0.2) is 30.3 Å². The summed E-state index contributed by atoms with van der Waals surface area (Å²) in [4.78, 5) is 37.4. The highest BCUT2D eigenvalue weighted by Gasteiger charge is 2.16. The minimum Gasteiger partial charge on any atom is -0.347 e. The highest BCUT2D eigenvalue weighted by Crippen LogP contribution is 2.09. The molecule has 1 aliphatic heterocycles. The predicted molar refractivity (Wildman–Crippen MR) is 88.1 cm³/mol. The number of hydrogen-bond acceptors (Lipinski definition) is 3. The highest BCUT2D eigenvalue weighted by atomic mass is 16.2. The number of rotatable bonds is 7. The number of nitrogens with zero attached hydrogens (tertiary/aromatic N) is 1. The zero-order valence-electron chi connectivity index (χ0n) is 13.4. The number of carbonyl (C=O) groups excluding carboxylic acids is 3. The molecule has 1 N–H and O–H groups in total. The number of piperidine rings is 1. The molecule has 2 amide bonds. The second-order valence-corrected chi connectivity index (χ2v) is 5.86. The molecule has 124 valence electrons. The lowest BCUT2D eigenvalue weighted by Gasteiger charge is -2.26. The molecule has 0 atom stereocenters. The van der Waals surface area contributed by atoms with E-state index in [1.807, 2.05) is 23.1 Å². The van der Waals surface area contributed by atoms with Crippen LogP contribution in [0.25, 0.3) is 0 Å². The van der Waals surface area contributed by atoms with Gasteiger partial charge in [-0.1, -0.05) is 30.3 Å². The predicted octanol–water partition coefficient (Wildman–Crippen LogP) is 2.17. The third kappa shape index (κ3) is 5.85. The Kier molecular flexibility index (Phi) is 6.78. The van der Waals surface area contributed by atoms with Crippen LogP contribution < -0.4 is 5.32 Å². The Morgan fingerprint density at radius 2 is 1.65 bits per heavy atom. The molecule has 5 heteroatoms. The van der Waals surface area contributed by atoms with Crippen LogP contribution in [0, 0.1) is 0 Å². The van der Waals surface area contributed by atoms with Crippen molar-refractivity contribution in [3.63, 3.8) is 0 Å². The Balaban J connectivity index is 1.61. The van der Waals surface area contributed by atoms with Gasteiger partial charge in [0.2, 0.25) is 11.8 Å². The number of likely N-dealkylation sites (tertiary alicyclic amines) is 1. The van der Waals surface area contributed by atoms with Crippen LogP contribution >= 0.6 is 0 Å². The Bertz CT molecular complexity index is 536. The van der Waals surface area contributed by atoms with Crippen molar-refractivity contribution in [3.05, 3.63) is 35.9 Å². The van der Waals surface area contributed by atoms with E-state index in [0.717, 1.165) is 25.9 Å². The van der Waals surface area contributed by atoms with Crippen molar-refractivity contribution in [1.82, 2.24) is 10.2 Å². The fraction of sp³-hybridized carbons (Fsp3) is 0.500. The van der Waals surface area contributed by atoms with E-state index >= 15 is 0 Å². The standard InChI is InChI=1S/C18H24N2O3/c21-16(15-8-3-1-4-9-15)10-7-11-17(22)19-14-18(23)20-12-5-2-6-13-20/h1,3-4,8-9H,2,5-7,10-14H2,(H,19,22). The van der Waals surface area contributed by atoms with E-state index in [1.165, 1.54) is 6.42 Å². The normalized spacial score (nSPS) is 14.3. The van der Waals surface area contributed by atoms with Gasteiger partial charge in [0.15, 0.2) is 5.78 Å². The van der Waals surface area contributed by atoms with Gasteiger partial charge in [-0.2, -0.15) is 0 Å². The summed E-state index contributed by atoms with van der Waals surface area (Å²) in [6.07, 6.45) is 4.37. The maximum Gasteiger partial charge on any atom is 0.241 e. The lowest BCUT2D eigenvalue weighted by molar-refractivity contribution is -0.133. The van der Waals surface area contributed by atoms with Crippen molar-refractivity contribution in [2.45, 2.75) is 38.5 Å². The second kappa shape index (κ2) is 9.08. The van der Waals surface area contributed by atoms with Gasteiger partial charge >= 0.3 is 0 Å². The Labute approximate surface area is 137 Å². The molecule has 0 unspecified atom stereocenters.